The fourth-order valence-electron chi connectivity index (χ4n) is 4.91. The average molecular weight is 664 g/mol. The summed E-state index contributed by atoms with van der Waals surface area (Å²) in [5.74, 6) is 0.611. The van der Waals surface area contributed by atoms with E-state index in [-0.39, 0.29) is 43.6 Å². The number of halogens is 4. The minimum Gasteiger partial charge on any atom is -0.494 e. The molecule has 0 saturated carbocycles. The van der Waals surface area contributed by atoms with Crippen LogP contribution in [0.15, 0.2) is 58.8 Å². The van der Waals surface area contributed by atoms with Crippen molar-refractivity contribution < 1.29 is 30.9 Å². The van der Waals surface area contributed by atoms with Crippen LogP contribution in [-0.4, -0.2) is 34.3 Å². The molecular formula is C31H29ClF3N3O4S2. The number of unbranched alkanes of at least 4 members (excludes halogenated alkanes) is 1. The quantitative estimate of drug-likeness (QED) is 0.119. The molecule has 44 heavy (non-hydrogen) atoms. The van der Waals surface area contributed by atoms with Gasteiger partial charge in [-0.1, -0.05) is 44.0 Å². The Labute approximate surface area is 262 Å². The molecule has 1 N–H and O–H groups in total. The first kappa shape index (κ1) is 32.0. The summed E-state index contributed by atoms with van der Waals surface area (Å²) in [6.45, 7) is 6.03. The fraction of sp³-hybridized carbons (Fsp3) is 0.290. The van der Waals surface area contributed by atoms with Crippen molar-refractivity contribution in [3.05, 3.63) is 81.4 Å². The lowest BCUT2D eigenvalue weighted by molar-refractivity contribution is -0.139. The zero-order chi connectivity index (χ0) is 31.8. The lowest BCUT2D eigenvalue weighted by atomic mass is 10.0. The van der Waals surface area contributed by atoms with E-state index in [0.717, 1.165) is 29.1 Å². The molecule has 0 saturated heterocycles. The van der Waals surface area contributed by atoms with Gasteiger partial charge in [0.05, 0.1) is 24.1 Å². The third kappa shape index (κ3) is 6.63. The number of aromatic nitrogens is 3. The highest BCUT2D eigenvalue weighted by Gasteiger charge is 2.37. The number of benzene rings is 2. The van der Waals surface area contributed by atoms with Crippen LogP contribution in [-0.2, 0) is 29.3 Å². The van der Waals surface area contributed by atoms with Gasteiger partial charge in [-0.3, -0.25) is 9.23 Å². The van der Waals surface area contributed by atoms with Crippen LogP contribution >= 0.6 is 22.9 Å². The Morgan fingerprint density at radius 2 is 1.77 bits per heavy atom. The third-order valence-electron chi connectivity index (χ3n) is 7.01. The SMILES string of the molecule is CCCCOc1ccc(-c2nn(Cc3ccc(-c4cc(CC)sc4S(=O)(=O)O)c(Cl)c3)c3cc(C)nc(C(F)(F)F)c23)cc1. The highest BCUT2D eigenvalue weighted by Crippen LogP contribution is 2.41. The predicted molar refractivity (Wildman–Crippen MR) is 166 cm³/mol. The van der Waals surface area contributed by atoms with E-state index in [2.05, 4.69) is 17.0 Å². The van der Waals surface area contributed by atoms with Gasteiger partial charge >= 0.3 is 16.3 Å². The smallest absolute Gasteiger partial charge is 0.434 e. The number of thiophene rings is 1. The number of alkyl halides is 3. The number of pyridine rings is 1. The molecule has 13 heteroatoms. The maximum atomic E-state index is 14.3. The molecule has 0 unspecified atom stereocenters. The van der Waals surface area contributed by atoms with E-state index in [1.165, 1.54) is 11.6 Å². The largest absolute Gasteiger partial charge is 0.494 e. The number of nitrogens with zero attached hydrogens (tertiary/aromatic N) is 3. The molecule has 3 heterocycles. The Bertz CT molecular complexity index is 1940. The lowest BCUT2D eigenvalue weighted by Crippen LogP contribution is -2.10. The van der Waals surface area contributed by atoms with Crippen LogP contribution in [0.2, 0.25) is 5.02 Å². The molecule has 0 amide bonds. The van der Waals surface area contributed by atoms with E-state index in [0.29, 0.717) is 35.5 Å². The van der Waals surface area contributed by atoms with E-state index in [9.17, 15) is 26.1 Å². The molecule has 0 bridgehead atoms. The molecular weight excluding hydrogens is 635 g/mol. The van der Waals surface area contributed by atoms with Gasteiger partial charge < -0.3 is 4.74 Å². The molecule has 0 aliphatic rings. The van der Waals surface area contributed by atoms with Crippen molar-refractivity contribution in [2.24, 2.45) is 0 Å². The zero-order valence-electron chi connectivity index (χ0n) is 24.1. The minimum atomic E-state index is -4.72. The molecule has 0 radical (unpaired) electrons. The van der Waals surface area contributed by atoms with E-state index >= 15 is 0 Å². The topological polar surface area (TPSA) is 94.3 Å². The lowest BCUT2D eigenvalue weighted by Gasteiger charge is -2.11. The number of ether oxygens (including phenoxy) is 1. The van der Waals surface area contributed by atoms with Crippen molar-refractivity contribution in [3.8, 4) is 28.1 Å². The molecule has 0 fully saturated rings. The molecule has 5 rings (SSSR count). The summed E-state index contributed by atoms with van der Waals surface area (Å²) in [5.41, 5.74) is 1.34. The summed E-state index contributed by atoms with van der Waals surface area (Å²) >= 11 is 7.59. The van der Waals surface area contributed by atoms with Crippen molar-refractivity contribution in [2.45, 2.75) is 57.0 Å². The van der Waals surface area contributed by atoms with Crippen molar-refractivity contribution in [1.29, 1.82) is 0 Å². The predicted octanol–water partition coefficient (Wildman–Crippen LogP) is 8.84. The second-order valence-corrected chi connectivity index (χ2v) is 13.5. The monoisotopic (exact) mass is 663 g/mol. The van der Waals surface area contributed by atoms with Crippen molar-refractivity contribution in [2.75, 3.05) is 6.61 Å². The summed E-state index contributed by atoms with van der Waals surface area (Å²) in [5, 5.41) is 4.73. The van der Waals surface area contributed by atoms with Gasteiger partial charge in [0.25, 0.3) is 0 Å². The van der Waals surface area contributed by atoms with Crippen LogP contribution < -0.4 is 4.74 Å². The molecule has 0 aliphatic carbocycles. The molecule has 2 aromatic carbocycles. The zero-order valence-corrected chi connectivity index (χ0v) is 26.5. The van der Waals surface area contributed by atoms with Crippen molar-refractivity contribution in [1.82, 2.24) is 14.8 Å². The average Bonchev–Trinajstić information content (AvgIpc) is 3.55. The van der Waals surface area contributed by atoms with E-state index < -0.39 is 22.0 Å². The molecule has 0 aliphatic heterocycles. The second kappa shape index (κ2) is 12.5. The molecule has 7 nitrogen and oxygen atoms in total. The first-order valence-corrected chi connectivity index (χ1v) is 16.5. The maximum absolute atomic E-state index is 14.3. The molecule has 232 valence electrons. The number of rotatable bonds is 10. The van der Waals surface area contributed by atoms with E-state index in [4.69, 9.17) is 16.3 Å². The first-order valence-electron chi connectivity index (χ1n) is 13.9. The van der Waals surface area contributed by atoms with Crippen LogP contribution in [0.5, 0.6) is 5.75 Å². The van der Waals surface area contributed by atoms with Gasteiger partial charge in [-0.2, -0.15) is 26.7 Å². The summed E-state index contributed by atoms with van der Waals surface area (Å²) in [6, 6.07) is 15.0. The van der Waals surface area contributed by atoms with Gasteiger partial charge in [0.2, 0.25) is 0 Å². The highest BCUT2D eigenvalue weighted by molar-refractivity contribution is 7.88. The number of aryl methyl sites for hydroxylation is 2. The molecule has 5 aromatic rings. The summed E-state index contributed by atoms with van der Waals surface area (Å²) in [7, 11) is -4.48. The Hall–Kier alpha value is -3.45. The van der Waals surface area contributed by atoms with Crippen LogP contribution in [0, 0.1) is 6.92 Å². The summed E-state index contributed by atoms with van der Waals surface area (Å²) < 4.78 is 83.7. The van der Waals surface area contributed by atoms with Gasteiger partial charge in [0.15, 0.2) is 9.90 Å². The van der Waals surface area contributed by atoms with Gasteiger partial charge in [-0.15, -0.1) is 11.3 Å². The summed E-state index contributed by atoms with van der Waals surface area (Å²) in [6.07, 6.45) is -2.29. The normalized spacial score (nSPS) is 12.3. The highest BCUT2D eigenvalue weighted by atomic mass is 35.5. The van der Waals surface area contributed by atoms with Gasteiger partial charge in [0, 0.05) is 32.3 Å². The van der Waals surface area contributed by atoms with Crippen LogP contribution in [0.3, 0.4) is 0 Å². The minimum absolute atomic E-state index is 0.0739. The van der Waals surface area contributed by atoms with Gasteiger partial charge in [0.1, 0.15) is 11.4 Å². The maximum Gasteiger partial charge on any atom is 0.434 e. The fourth-order valence-corrected chi connectivity index (χ4v) is 7.25. The van der Waals surface area contributed by atoms with E-state index in [1.54, 1.807) is 54.6 Å². The Morgan fingerprint density at radius 1 is 1.05 bits per heavy atom. The van der Waals surface area contributed by atoms with Crippen LogP contribution in [0.25, 0.3) is 33.3 Å². The number of hydrogen-bond donors (Lipinski definition) is 1. The number of fused-ring (bicyclic) bond motifs is 1. The second-order valence-electron chi connectivity index (χ2n) is 10.3. The van der Waals surface area contributed by atoms with Crippen LogP contribution in [0.1, 0.15) is 48.5 Å². The van der Waals surface area contributed by atoms with Crippen LogP contribution in [0.4, 0.5) is 13.2 Å². The third-order valence-corrected chi connectivity index (χ3v) is 9.97. The molecule has 0 atom stereocenters. The first-order chi connectivity index (χ1) is 20.8. The van der Waals surface area contributed by atoms with Gasteiger partial charge in [-0.05, 0) is 67.8 Å². The number of hydrogen-bond acceptors (Lipinski definition) is 6. The van der Waals surface area contributed by atoms with Crippen molar-refractivity contribution in [3.63, 3.8) is 0 Å². The van der Waals surface area contributed by atoms with Gasteiger partial charge in [-0.25, -0.2) is 4.98 Å². The van der Waals surface area contributed by atoms with Crippen molar-refractivity contribution >= 4 is 44.0 Å². The standard InChI is InChI=1S/C31H29ClF3N3O4S2/c1-4-6-13-42-21-10-8-20(9-11-21)28-27-26(14-18(3)36-29(27)31(33,34)35)38(37-28)17-19-7-12-23(25(32)15-19)24-16-22(5-2)43-30(24)44(39,40)41/h7-12,14-16H,4-6,13,17H2,1-3H3,(H,39,40,41). The Morgan fingerprint density at radius 3 is 2.39 bits per heavy atom. The van der Waals surface area contributed by atoms with E-state index in [1.807, 2.05) is 6.92 Å². The summed E-state index contributed by atoms with van der Waals surface area (Å²) in [4.78, 5) is 4.61. The Balaban J connectivity index is 1.58. The Kier molecular flexibility index (Phi) is 9.08. The molecule has 3 aromatic heterocycles. The molecule has 0 spiro atoms.